The molecule has 0 bridgehead atoms. The van der Waals surface area contributed by atoms with Gasteiger partial charge >= 0.3 is 6.03 Å². The molecule has 2 rings (SSSR count). The first-order valence-corrected chi connectivity index (χ1v) is 5.56. The standard InChI is InChI=1S/C11H12ClFN2O/c12-8-4-3-5-9(13)10(8)14-11(16)15-6-1-2-7-15/h3-5H,1-2,6-7H2,(H,14,16). The molecule has 1 heterocycles. The number of anilines is 1. The van der Waals surface area contributed by atoms with Crippen LogP contribution in [0.4, 0.5) is 14.9 Å². The van der Waals surface area contributed by atoms with Crippen molar-refractivity contribution in [3.05, 3.63) is 29.0 Å². The summed E-state index contributed by atoms with van der Waals surface area (Å²) in [6, 6.07) is 4.03. The SMILES string of the molecule is O=C(Nc1c(F)cccc1Cl)N1CCCC1. The van der Waals surface area contributed by atoms with Crippen molar-refractivity contribution in [2.75, 3.05) is 18.4 Å². The lowest BCUT2D eigenvalue weighted by molar-refractivity contribution is 0.222. The second-order valence-electron chi connectivity index (χ2n) is 3.72. The van der Waals surface area contributed by atoms with Crippen molar-refractivity contribution in [1.29, 1.82) is 0 Å². The van der Waals surface area contributed by atoms with Gasteiger partial charge < -0.3 is 10.2 Å². The number of amides is 2. The fourth-order valence-electron chi connectivity index (χ4n) is 1.72. The highest BCUT2D eigenvalue weighted by Gasteiger charge is 2.19. The maximum absolute atomic E-state index is 13.4. The zero-order valence-electron chi connectivity index (χ0n) is 8.67. The fraction of sp³-hybridized carbons (Fsp3) is 0.364. The monoisotopic (exact) mass is 242 g/mol. The number of urea groups is 1. The van der Waals surface area contributed by atoms with Crippen LogP contribution in [0.2, 0.25) is 5.02 Å². The molecule has 0 unspecified atom stereocenters. The van der Waals surface area contributed by atoms with E-state index in [1.165, 1.54) is 12.1 Å². The van der Waals surface area contributed by atoms with E-state index < -0.39 is 5.82 Å². The van der Waals surface area contributed by atoms with Crippen molar-refractivity contribution in [2.45, 2.75) is 12.8 Å². The second-order valence-corrected chi connectivity index (χ2v) is 4.13. The Labute approximate surface area is 98.2 Å². The van der Waals surface area contributed by atoms with Crippen LogP contribution in [0.3, 0.4) is 0 Å². The number of carbonyl (C=O) groups is 1. The number of likely N-dealkylation sites (tertiary alicyclic amines) is 1. The molecule has 3 nitrogen and oxygen atoms in total. The quantitative estimate of drug-likeness (QED) is 0.806. The molecule has 0 radical (unpaired) electrons. The molecule has 1 aliphatic rings. The molecule has 1 fully saturated rings. The molecule has 5 heteroatoms. The van der Waals surface area contributed by atoms with Crippen LogP contribution in [-0.4, -0.2) is 24.0 Å². The van der Waals surface area contributed by atoms with E-state index in [1.807, 2.05) is 0 Å². The van der Waals surface area contributed by atoms with Gasteiger partial charge in [0.1, 0.15) is 5.82 Å². The molecule has 1 aliphatic heterocycles. The smallest absolute Gasteiger partial charge is 0.321 e. The van der Waals surface area contributed by atoms with E-state index in [0.29, 0.717) is 0 Å². The van der Waals surface area contributed by atoms with Crippen molar-refractivity contribution >= 4 is 23.3 Å². The molecule has 0 aliphatic carbocycles. The number of nitrogens with zero attached hydrogens (tertiary/aromatic N) is 1. The van der Waals surface area contributed by atoms with Crippen LogP contribution in [0.15, 0.2) is 18.2 Å². The molecule has 1 aromatic rings. The van der Waals surface area contributed by atoms with Gasteiger partial charge in [0.15, 0.2) is 0 Å². The van der Waals surface area contributed by atoms with E-state index >= 15 is 0 Å². The van der Waals surface area contributed by atoms with Crippen molar-refractivity contribution in [1.82, 2.24) is 4.90 Å². The minimum Gasteiger partial charge on any atom is -0.325 e. The van der Waals surface area contributed by atoms with Crippen LogP contribution in [0.1, 0.15) is 12.8 Å². The Morgan fingerprint density at radius 2 is 2.06 bits per heavy atom. The van der Waals surface area contributed by atoms with E-state index in [0.717, 1.165) is 25.9 Å². The highest BCUT2D eigenvalue weighted by molar-refractivity contribution is 6.33. The number of halogens is 2. The third-order valence-electron chi connectivity index (χ3n) is 2.59. The lowest BCUT2D eigenvalue weighted by atomic mass is 10.3. The minimum absolute atomic E-state index is 0.0565. The topological polar surface area (TPSA) is 32.3 Å². The molecule has 1 N–H and O–H groups in total. The summed E-state index contributed by atoms with van der Waals surface area (Å²) >= 11 is 5.81. The van der Waals surface area contributed by atoms with Gasteiger partial charge in [-0.25, -0.2) is 9.18 Å². The lowest BCUT2D eigenvalue weighted by Gasteiger charge is -2.17. The Kier molecular flexibility index (Phi) is 3.29. The maximum Gasteiger partial charge on any atom is 0.321 e. The van der Waals surface area contributed by atoms with Gasteiger partial charge in [-0.15, -0.1) is 0 Å². The molecule has 0 spiro atoms. The zero-order chi connectivity index (χ0) is 11.5. The Morgan fingerprint density at radius 3 is 2.69 bits per heavy atom. The molecule has 0 atom stereocenters. The van der Waals surface area contributed by atoms with E-state index in [2.05, 4.69) is 5.32 Å². The summed E-state index contributed by atoms with van der Waals surface area (Å²) in [5.74, 6) is -0.514. The highest BCUT2D eigenvalue weighted by Crippen LogP contribution is 2.25. The summed E-state index contributed by atoms with van der Waals surface area (Å²) < 4.78 is 13.4. The first-order chi connectivity index (χ1) is 7.68. The molecule has 2 amide bonds. The Balaban J connectivity index is 2.11. The second kappa shape index (κ2) is 4.70. The van der Waals surface area contributed by atoms with Crippen molar-refractivity contribution < 1.29 is 9.18 Å². The third kappa shape index (κ3) is 2.27. The zero-order valence-corrected chi connectivity index (χ0v) is 9.43. The molecule has 16 heavy (non-hydrogen) atoms. The lowest BCUT2D eigenvalue weighted by Crippen LogP contribution is -2.32. The predicted molar refractivity (Wildman–Crippen MR) is 61.2 cm³/mol. The number of rotatable bonds is 1. The summed E-state index contributed by atoms with van der Waals surface area (Å²) in [5, 5.41) is 2.72. The fourth-order valence-corrected chi connectivity index (χ4v) is 1.93. The molecule has 1 aromatic carbocycles. The van der Waals surface area contributed by atoms with Gasteiger partial charge in [0.05, 0.1) is 10.7 Å². The van der Waals surface area contributed by atoms with E-state index in [9.17, 15) is 9.18 Å². The summed E-state index contributed by atoms with van der Waals surface area (Å²) in [5.41, 5.74) is 0.0565. The first kappa shape index (κ1) is 11.2. The van der Waals surface area contributed by atoms with Gasteiger partial charge in [0.2, 0.25) is 0 Å². The van der Waals surface area contributed by atoms with Gasteiger partial charge in [-0.1, -0.05) is 17.7 Å². The number of benzene rings is 1. The summed E-state index contributed by atoms with van der Waals surface area (Å²) in [6.45, 7) is 1.44. The average Bonchev–Trinajstić information content (AvgIpc) is 2.76. The molecular weight excluding hydrogens is 231 g/mol. The van der Waals surface area contributed by atoms with Gasteiger partial charge in [0, 0.05) is 13.1 Å². The summed E-state index contributed by atoms with van der Waals surface area (Å²) in [4.78, 5) is 13.4. The van der Waals surface area contributed by atoms with E-state index in [-0.39, 0.29) is 16.7 Å². The van der Waals surface area contributed by atoms with Gasteiger partial charge in [-0.3, -0.25) is 0 Å². The van der Waals surface area contributed by atoms with Gasteiger partial charge in [0.25, 0.3) is 0 Å². The predicted octanol–water partition coefficient (Wildman–Crippen LogP) is 3.11. The molecule has 0 saturated carbocycles. The van der Waals surface area contributed by atoms with Crippen molar-refractivity contribution in [3.63, 3.8) is 0 Å². The van der Waals surface area contributed by atoms with E-state index in [4.69, 9.17) is 11.6 Å². The maximum atomic E-state index is 13.4. The van der Waals surface area contributed by atoms with Crippen LogP contribution in [0, 0.1) is 5.82 Å². The van der Waals surface area contributed by atoms with Crippen molar-refractivity contribution in [3.8, 4) is 0 Å². The number of hydrogen-bond donors (Lipinski definition) is 1. The third-order valence-corrected chi connectivity index (χ3v) is 2.90. The average molecular weight is 243 g/mol. The number of nitrogens with one attached hydrogen (secondary N) is 1. The molecular formula is C11H12ClFN2O. The summed E-state index contributed by atoms with van der Waals surface area (Å²) in [6.07, 6.45) is 2.00. The Hall–Kier alpha value is -1.29. The minimum atomic E-state index is -0.514. The molecule has 86 valence electrons. The van der Waals surface area contributed by atoms with Gasteiger partial charge in [-0.05, 0) is 25.0 Å². The molecule has 1 saturated heterocycles. The van der Waals surface area contributed by atoms with Crippen LogP contribution in [0.25, 0.3) is 0 Å². The van der Waals surface area contributed by atoms with E-state index in [1.54, 1.807) is 11.0 Å². The largest absolute Gasteiger partial charge is 0.325 e. The number of hydrogen-bond acceptors (Lipinski definition) is 1. The normalized spacial score (nSPS) is 15.2. The van der Waals surface area contributed by atoms with Crippen molar-refractivity contribution in [2.24, 2.45) is 0 Å². The van der Waals surface area contributed by atoms with Crippen LogP contribution < -0.4 is 5.32 Å². The number of carbonyl (C=O) groups excluding carboxylic acids is 1. The Bertz CT molecular complexity index is 385. The van der Waals surface area contributed by atoms with Crippen LogP contribution in [-0.2, 0) is 0 Å². The first-order valence-electron chi connectivity index (χ1n) is 5.18. The van der Waals surface area contributed by atoms with Crippen LogP contribution in [0.5, 0.6) is 0 Å². The van der Waals surface area contributed by atoms with Crippen LogP contribution >= 0.6 is 11.6 Å². The highest BCUT2D eigenvalue weighted by atomic mass is 35.5. The van der Waals surface area contributed by atoms with Gasteiger partial charge in [-0.2, -0.15) is 0 Å². The number of para-hydroxylation sites is 1. The summed E-state index contributed by atoms with van der Waals surface area (Å²) in [7, 11) is 0. The molecule has 0 aromatic heterocycles. The Morgan fingerprint density at radius 1 is 1.38 bits per heavy atom.